The molecule has 0 saturated carbocycles. The van der Waals surface area contributed by atoms with Crippen LogP contribution >= 0.6 is 0 Å². The van der Waals surface area contributed by atoms with Gasteiger partial charge >= 0.3 is 0 Å². The molecular weight excluding hydrogens is 295 g/mol. The Balaban J connectivity index is 2.33. The molecule has 0 aliphatic rings. The van der Waals surface area contributed by atoms with Crippen LogP contribution in [-0.4, -0.2) is 18.6 Å². The van der Waals surface area contributed by atoms with Crippen LogP contribution in [0, 0.1) is 12.7 Å². The third-order valence-electron chi connectivity index (χ3n) is 3.13. The number of sulfonamides is 1. The third-order valence-corrected chi connectivity index (χ3v) is 4.46. The highest BCUT2D eigenvalue weighted by Gasteiger charge is 2.19. The molecule has 1 heterocycles. The van der Waals surface area contributed by atoms with Gasteiger partial charge in [0.1, 0.15) is 5.82 Å². The van der Waals surface area contributed by atoms with Gasteiger partial charge in [0, 0.05) is 23.0 Å². The molecule has 6 nitrogen and oxygen atoms in total. The summed E-state index contributed by atoms with van der Waals surface area (Å²) in [6.45, 7) is 5.38. The number of rotatable bonds is 4. The molecule has 0 spiro atoms. The van der Waals surface area contributed by atoms with E-state index in [1.165, 1.54) is 13.0 Å². The lowest BCUT2D eigenvalue weighted by molar-refractivity contribution is 0.593. The molecule has 2 aromatic rings. The fraction of sp³-hybridized carbons (Fsp3) is 0.308. The molecule has 21 heavy (non-hydrogen) atoms. The van der Waals surface area contributed by atoms with Gasteiger partial charge < -0.3 is 5.73 Å². The van der Waals surface area contributed by atoms with Crippen molar-refractivity contribution in [1.29, 1.82) is 0 Å². The Kier molecular flexibility index (Phi) is 3.91. The molecule has 114 valence electrons. The standard InChI is InChI=1S/C13H17FN4O2S/c1-7(2)12-6-13(17-16-12)18-21(19,20)9-4-10(14)8(3)11(15)5-9/h4-7H,15H2,1-3H3,(H2,16,17,18). The molecule has 0 bridgehead atoms. The highest BCUT2D eigenvalue weighted by molar-refractivity contribution is 7.92. The van der Waals surface area contributed by atoms with Crippen LogP contribution in [0.5, 0.6) is 0 Å². The lowest BCUT2D eigenvalue weighted by atomic mass is 10.1. The van der Waals surface area contributed by atoms with E-state index in [1.807, 2.05) is 13.8 Å². The number of nitrogen functional groups attached to an aromatic ring is 1. The fourth-order valence-electron chi connectivity index (χ4n) is 1.71. The lowest BCUT2D eigenvalue weighted by Crippen LogP contribution is -2.14. The smallest absolute Gasteiger partial charge is 0.263 e. The number of hydrogen-bond acceptors (Lipinski definition) is 4. The second-order valence-corrected chi connectivity index (χ2v) is 6.77. The summed E-state index contributed by atoms with van der Waals surface area (Å²) < 4.78 is 40.3. The molecular formula is C13H17FN4O2S. The number of hydrogen-bond donors (Lipinski definition) is 3. The van der Waals surface area contributed by atoms with Crippen LogP contribution in [0.15, 0.2) is 23.1 Å². The number of anilines is 2. The molecule has 0 atom stereocenters. The largest absolute Gasteiger partial charge is 0.398 e. The molecule has 0 aliphatic carbocycles. The number of halogens is 1. The first-order chi connectivity index (χ1) is 9.70. The van der Waals surface area contributed by atoms with Crippen molar-refractivity contribution in [1.82, 2.24) is 10.2 Å². The molecule has 2 rings (SSSR count). The summed E-state index contributed by atoms with van der Waals surface area (Å²) >= 11 is 0. The molecule has 0 saturated heterocycles. The zero-order valence-electron chi connectivity index (χ0n) is 11.9. The maximum atomic E-state index is 13.6. The van der Waals surface area contributed by atoms with Crippen molar-refractivity contribution in [3.8, 4) is 0 Å². The minimum atomic E-state index is -3.94. The number of H-pyrrole nitrogens is 1. The predicted octanol–water partition coefficient (Wildman–Crippen LogP) is 2.36. The van der Waals surface area contributed by atoms with E-state index in [0.717, 1.165) is 11.8 Å². The molecule has 0 unspecified atom stereocenters. The fourth-order valence-corrected chi connectivity index (χ4v) is 2.75. The van der Waals surface area contributed by atoms with Gasteiger partial charge in [0.25, 0.3) is 10.0 Å². The van der Waals surface area contributed by atoms with Crippen LogP contribution < -0.4 is 10.5 Å². The Labute approximate surface area is 122 Å². The Morgan fingerprint density at radius 1 is 1.33 bits per heavy atom. The van der Waals surface area contributed by atoms with E-state index in [4.69, 9.17) is 5.73 Å². The Morgan fingerprint density at radius 3 is 2.52 bits per heavy atom. The molecule has 0 amide bonds. The Bertz CT molecular complexity index is 745. The second-order valence-electron chi connectivity index (χ2n) is 5.09. The molecule has 0 radical (unpaired) electrons. The van der Waals surface area contributed by atoms with E-state index in [0.29, 0.717) is 0 Å². The third kappa shape index (κ3) is 3.15. The number of nitrogens with two attached hydrogens (primary N) is 1. The summed E-state index contributed by atoms with van der Waals surface area (Å²) in [6, 6.07) is 3.75. The van der Waals surface area contributed by atoms with Crippen LogP contribution in [0.4, 0.5) is 15.9 Å². The van der Waals surface area contributed by atoms with Crippen LogP contribution in [-0.2, 0) is 10.0 Å². The van der Waals surface area contributed by atoms with Crippen molar-refractivity contribution in [2.45, 2.75) is 31.6 Å². The molecule has 0 fully saturated rings. The normalized spacial score (nSPS) is 11.9. The number of nitrogens with one attached hydrogen (secondary N) is 2. The van der Waals surface area contributed by atoms with E-state index in [-0.39, 0.29) is 27.9 Å². The molecule has 0 aliphatic heterocycles. The maximum absolute atomic E-state index is 13.6. The van der Waals surface area contributed by atoms with Crippen molar-refractivity contribution in [2.24, 2.45) is 0 Å². The number of aromatic amines is 1. The number of aromatic nitrogens is 2. The van der Waals surface area contributed by atoms with Gasteiger partial charge in [-0.2, -0.15) is 5.10 Å². The van der Waals surface area contributed by atoms with Gasteiger partial charge in [0.05, 0.1) is 4.90 Å². The number of nitrogens with zero attached hydrogens (tertiary/aromatic N) is 1. The topological polar surface area (TPSA) is 101 Å². The van der Waals surface area contributed by atoms with Crippen LogP contribution in [0.3, 0.4) is 0 Å². The zero-order valence-corrected chi connectivity index (χ0v) is 12.8. The van der Waals surface area contributed by atoms with E-state index >= 15 is 0 Å². The maximum Gasteiger partial charge on any atom is 0.263 e. The summed E-state index contributed by atoms with van der Waals surface area (Å²) in [5, 5.41) is 6.61. The van der Waals surface area contributed by atoms with E-state index < -0.39 is 15.8 Å². The average Bonchev–Trinajstić information content (AvgIpc) is 2.83. The molecule has 4 N–H and O–H groups in total. The molecule has 1 aromatic carbocycles. The van der Waals surface area contributed by atoms with Gasteiger partial charge in [0.2, 0.25) is 0 Å². The lowest BCUT2D eigenvalue weighted by Gasteiger charge is -2.08. The summed E-state index contributed by atoms with van der Waals surface area (Å²) in [7, 11) is -3.94. The summed E-state index contributed by atoms with van der Waals surface area (Å²) in [4.78, 5) is -0.239. The van der Waals surface area contributed by atoms with Gasteiger partial charge in [-0.05, 0) is 25.0 Å². The minimum Gasteiger partial charge on any atom is -0.398 e. The number of benzene rings is 1. The van der Waals surface area contributed by atoms with Gasteiger partial charge in [0.15, 0.2) is 5.82 Å². The second kappa shape index (κ2) is 5.36. The van der Waals surface area contributed by atoms with Gasteiger partial charge in [-0.15, -0.1) is 0 Å². The van der Waals surface area contributed by atoms with E-state index in [2.05, 4.69) is 14.9 Å². The SMILES string of the molecule is Cc1c(N)cc(S(=O)(=O)Nc2cc(C(C)C)[nH]n2)cc1F. The first-order valence-corrected chi connectivity index (χ1v) is 7.83. The van der Waals surface area contributed by atoms with Crippen LogP contribution in [0.1, 0.15) is 31.0 Å². The Hall–Kier alpha value is -2.09. The van der Waals surface area contributed by atoms with Crippen LogP contribution in [0.2, 0.25) is 0 Å². The highest BCUT2D eigenvalue weighted by Crippen LogP contribution is 2.23. The van der Waals surface area contributed by atoms with Crippen molar-refractivity contribution in [2.75, 3.05) is 10.5 Å². The highest BCUT2D eigenvalue weighted by atomic mass is 32.2. The zero-order chi connectivity index (χ0) is 15.8. The van der Waals surface area contributed by atoms with Gasteiger partial charge in [-0.25, -0.2) is 12.8 Å². The van der Waals surface area contributed by atoms with Crippen molar-refractivity contribution in [3.63, 3.8) is 0 Å². The average molecular weight is 312 g/mol. The summed E-state index contributed by atoms with van der Waals surface area (Å²) in [5.41, 5.74) is 6.70. The molecule has 1 aromatic heterocycles. The quantitative estimate of drug-likeness (QED) is 0.754. The van der Waals surface area contributed by atoms with E-state index in [9.17, 15) is 12.8 Å². The first kappa shape index (κ1) is 15.3. The first-order valence-electron chi connectivity index (χ1n) is 6.34. The Morgan fingerprint density at radius 2 is 2.00 bits per heavy atom. The van der Waals surface area contributed by atoms with Crippen LogP contribution in [0.25, 0.3) is 0 Å². The monoisotopic (exact) mass is 312 g/mol. The summed E-state index contributed by atoms with van der Waals surface area (Å²) in [5.74, 6) is -0.332. The van der Waals surface area contributed by atoms with Crippen molar-refractivity contribution < 1.29 is 12.8 Å². The van der Waals surface area contributed by atoms with Crippen molar-refractivity contribution >= 4 is 21.5 Å². The van der Waals surface area contributed by atoms with E-state index in [1.54, 1.807) is 6.07 Å². The minimum absolute atomic E-state index is 0.0836. The predicted molar refractivity (Wildman–Crippen MR) is 79.0 cm³/mol. The molecule has 8 heteroatoms. The van der Waals surface area contributed by atoms with Gasteiger partial charge in [-0.1, -0.05) is 13.8 Å². The van der Waals surface area contributed by atoms with Crippen molar-refractivity contribution in [3.05, 3.63) is 35.3 Å². The van der Waals surface area contributed by atoms with Gasteiger partial charge in [-0.3, -0.25) is 9.82 Å². The summed E-state index contributed by atoms with van der Waals surface area (Å²) in [6.07, 6.45) is 0.